The Labute approximate surface area is 96.3 Å². The summed E-state index contributed by atoms with van der Waals surface area (Å²) >= 11 is 0. The molecule has 0 aliphatic carbocycles. The van der Waals surface area contributed by atoms with Crippen molar-refractivity contribution in [2.24, 2.45) is 0 Å². The van der Waals surface area contributed by atoms with Gasteiger partial charge < -0.3 is 4.98 Å². The van der Waals surface area contributed by atoms with Gasteiger partial charge in [0.05, 0.1) is 0 Å². The Kier molecular flexibility index (Phi) is 2.08. The van der Waals surface area contributed by atoms with Crippen molar-refractivity contribution in [2.75, 3.05) is 13.6 Å². The number of nitrogens with zero attached hydrogens (tertiary/aromatic N) is 1. The number of aromatic amines is 1. The van der Waals surface area contributed by atoms with Crippen LogP contribution < -0.4 is 0 Å². The molecule has 0 saturated heterocycles. The van der Waals surface area contributed by atoms with Crippen LogP contribution in [-0.2, 0) is 6.42 Å². The number of H-pyrrole nitrogens is 1. The number of hydrogen-bond donors (Lipinski definition) is 1. The van der Waals surface area contributed by atoms with Gasteiger partial charge in [-0.15, -0.1) is 0 Å². The lowest BCUT2D eigenvalue weighted by Crippen LogP contribution is -2.29. The standard InChI is InChI=1S/C14H18N2/c1-9-4-5-12-11(8-9)14-10(2)16(3)7-6-13(14)15-12/h4-5,8,10,15H,6-7H2,1-3H3. The summed E-state index contributed by atoms with van der Waals surface area (Å²) in [6.07, 6.45) is 1.14. The fraction of sp³-hybridized carbons (Fsp3) is 0.429. The third-order valence-corrected chi connectivity index (χ3v) is 3.87. The molecular formula is C14H18N2. The Morgan fingerprint density at radius 1 is 1.38 bits per heavy atom. The summed E-state index contributed by atoms with van der Waals surface area (Å²) in [5.41, 5.74) is 5.58. The molecule has 0 amide bonds. The zero-order chi connectivity index (χ0) is 11.3. The Balaban J connectivity index is 2.29. The average molecular weight is 214 g/mol. The van der Waals surface area contributed by atoms with Gasteiger partial charge in [-0.25, -0.2) is 0 Å². The summed E-state index contributed by atoms with van der Waals surface area (Å²) in [5, 5.41) is 1.41. The van der Waals surface area contributed by atoms with Crippen LogP contribution in [-0.4, -0.2) is 23.5 Å². The molecular weight excluding hydrogens is 196 g/mol. The van der Waals surface area contributed by atoms with E-state index in [1.165, 1.54) is 27.7 Å². The van der Waals surface area contributed by atoms with E-state index in [2.05, 4.69) is 49.0 Å². The minimum atomic E-state index is 0.527. The molecule has 2 heterocycles. The second-order valence-electron chi connectivity index (χ2n) is 4.97. The summed E-state index contributed by atoms with van der Waals surface area (Å²) < 4.78 is 0. The number of benzene rings is 1. The van der Waals surface area contributed by atoms with Crippen molar-refractivity contribution < 1.29 is 0 Å². The normalized spacial score (nSPS) is 21.3. The van der Waals surface area contributed by atoms with E-state index in [0.717, 1.165) is 13.0 Å². The monoisotopic (exact) mass is 214 g/mol. The van der Waals surface area contributed by atoms with Gasteiger partial charge in [0.15, 0.2) is 0 Å². The number of fused-ring (bicyclic) bond motifs is 3. The van der Waals surface area contributed by atoms with Crippen molar-refractivity contribution in [2.45, 2.75) is 26.3 Å². The van der Waals surface area contributed by atoms with Gasteiger partial charge in [-0.2, -0.15) is 0 Å². The van der Waals surface area contributed by atoms with E-state index in [1.54, 1.807) is 0 Å². The van der Waals surface area contributed by atoms with E-state index in [1.807, 2.05) is 0 Å². The van der Waals surface area contributed by atoms with Crippen LogP contribution in [0.25, 0.3) is 10.9 Å². The lowest BCUT2D eigenvalue weighted by atomic mass is 9.97. The summed E-state index contributed by atoms with van der Waals surface area (Å²) in [7, 11) is 2.21. The maximum Gasteiger partial charge on any atom is 0.0459 e. The number of rotatable bonds is 0. The van der Waals surface area contributed by atoms with E-state index >= 15 is 0 Å². The fourth-order valence-corrected chi connectivity index (χ4v) is 2.76. The summed E-state index contributed by atoms with van der Waals surface area (Å²) in [5.74, 6) is 0. The Hall–Kier alpha value is -1.28. The second kappa shape index (κ2) is 3.36. The van der Waals surface area contributed by atoms with E-state index in [-0.39, 0.29) is 0 Å². The van der Waals surface area contributed by atoms with Gasteiger partial charge in [-0.3, -0.25) is 4.90 Å². The first kappa shape index (κ1) is 9.91. The van der Waals surface area contributed by atoms with Crippen molar-refractivity contribution in [3.05, 3.63) is 35.0 Å². The first-order chi connectivity index (χ1) is 7.66. The average Bonchev–Trinajstić information content (AvgIpc) is 2.62. The third-order valence-electron chi connectivity index (χ3n) is 3.87. The quantitative estimate of drug-likeness (QED) is 0.714. The van der Waals surface area contributed by atoms with Gasteiger partial charge in [-0.1, -0.05) is 11.6 Å². The highest BCUT2D eigenvalue weighted by Gasteiger charge is 2.24. The zero-order valence-electron chi connectivity index (χ0n) is 10.2. The highest BCUT2D eigenvalue weighted by Crippen LogP contribution is 2.34. The fourth-order valence-electron chi connectivity index (χ4n) is 2.76. The molecule has 1 unspecified atom stereocenters. The summed E-state index contributed by atoms with van der Waals surface area (Å²) in [6, 6.07) is 7.22. The molecule has 1 aromatic carbocycles. The minimum Gasteiger partial charge on any atom is -0.358 e. The molecule has 2 nitrogen and oxygen atoms in total. The molecule has 0 saturated carbocycles. The van der Waals surface area contributed by atoms with Crippen LogP contribution in [0.3, 0.4) is 0 Å². The molecule has 16 heavy (non-hydrogen) atoms. The molecule has 2 heteroatoms. The molecule has 1 aromatic heterocycles. The lowest BCUT2D eigenvalue weighted by Gasteiger charge is -2.30. The minimum absolute atomic E-state index is 0.527. The largest absolute Gasteiger partial charge is 0.358 e. The molecule has 1 aliphatic heterocycles. The SMILES string of the molecule is Cc1ccc2[nH]c3c(c2c1)C(C)N(C)CC3. The molecule has 0 radical (unpaired) electrons. The highest BCUT2D eigenvalue weighted by atomic mass is 15.1. The van der Waals surface area contributed by atoms with Crippen LogP contribution >= 0.6 is 0 Å². The smallest absolute Gasteiger partial charge is 0.0459 e. The Morgan fingerprint density at radius 2 is 2.19 bits per heavy atom. The van der Waals surface area contributed by atoms with Crippen LogP contribution in [0.15, 0.2) is 18.2 Å². The molecule has 1 aliphatic rings. The van der Waals surface area contributed by atoms with E-state index in [0.29, 0.717) is 6.04 Å². The van der Waals surface area contributed by atoms with Gasteiger partial charge in [0.1, 0.15) is 0 Å². The van der Waals surface area contributed by atoms with Crippen LogP contribution in [0, 0.1) is 6.92 Å². The first-order valence-electron chi connectivity index (χ1n) is 5.98. The maximum absolute atomic E-state index is 3.57. The third kappa shape index (κ3) is 1.30. The maximum atomic E-state index is 3.57. The molecule has 0 bridgehead atoms. The molecule has 1 N–H and O–H groups in total. The predicted octanol–water partition coefficient (Wildman–Crippen LogP) is 3.03. The van der Waals surface area contributed by atoms with Crippen LogP contribution in [0.1, 0.15) is 29.8 Å². The zero-order valence-corrected chi connectivity index (χ0v) is 10.2. The number of hydrogen-bond acceptors (Lipinski definition) is 1. The molecule has 3 rings (SSSR count). The Morgan fingerprint density at radius 3 is 3.00 bits per heavy atom. The van der Waals surface area contributed by atoms with Crippen LogP contribution in [0.4, 0.5) is 0 Å². The van der Waals surface area contributed by atoms with E-state index in [9.17, 15) is 0 Å². The molecule has 84 valence electrons. The summed E-state index contributed by atoms with van der Waals surface area (Å²) in [4.78, 5) is 6.00. The van der Waals surface area contributed by atoms with E-state index < -0.39 is 0 Å². The number of aryl methyl sites for hydroxylation is 1. The van der Waals surface area contributed by atoms with Crippen molar-refractivity contribution in [3.63, 3.8) is 0 Å². The van der Waals surface area contributed by atoms with Gasteiger partial charge >= 0.3 is 0 Å². The van der Waals surface area contributed by atoms with Crippen LogP contribution in [0.2, 0.25) is 0 Å². The predicted molar refractivity (Wildman–Crippen MR) is 67.8 cm³/mol. The molecule has 0 spiro atoms. The lowest BCUT2D eigenvalue weighted by molar-refractivity contribution is 0.248. The first-order valence-corrected chi connectivity index (χ1v) is 5.98. The van der Waals surface area contributed by atoms with Gasteiger partial charge in [0, 0.05) is 35.6 Å². The van der Waals surface area contributed by atoms with Crippen molar-refractivity contribution in [1.82, 2.24) is 9.88 Å². The van der Waals surface area contributed by atoms with Crippen LogP contribution in [0.5, 0.6) is 0 Å². The van der Waals surface area contributed by atoms with Gasteiger partial charge in [0.2, 0.25) is 0 Å². The molecule has 0 fully saturated rings. The highest BCUT2D eigenvalue weighted by molar-refractivity contribution is 5.86. The van der Waals surface area contributed by atoms with Crippen molar-refractivity contribution in [3.8, 4) is 0 Å². The number of nitrogens with one attached hydrogen (secondary N) is 1. The Bertz CT molecular complexity index is 539. The topological polar surface area (TPSA) is 19.0 Å². The van der Waals surface area contributed by atoms with E-state index in [4.69, 9.17) is 0 Å². The second-order valence-corrected chi connectivity index (χ2v) is 4.97. The molecule has 2 aromatic rings. The summed E-state index contributed by atoms with van der Waals surface area (Å²) in [6.45, 7) is 5.61. The molecule has 1 atom stereocenters. The number of likely N-dealkylation sites (N-methyl/N-ethyl adjacent to an activating group) is 1. The van der Waals surface area contributed by atoms with Crippen molar-refractivity contribution in [1.29, 1.82) is 0 Å². The van der Waals surface area contributed by atoms with Crippen molar-refractivity contribution >= 4 is 10.9 Å². The van der Waals surface area contributed by atoms with Gasteiger partial charge in [-0.05, 0) is 38.6 Å². The number of aromatic nitrogens is 1. The van der Waals surface area contributed by atoms with Gasteiger partial charge in [0.25, 0.3) is 0 Å².